The maximum atomic E-state index is 11.1. The zero-order valence-electron chi connectivity index (χ0n) is 6.34. The van der Waals surface area contributed by atoms with E-state index in [1.165, 1.54) is 0 Å². The molecule has 0 spiro atoms. The Morgan fingerprint density at radius 2 is 2.30 bits per heavy atom. The number of allylic oxidation sites excluding steroid dienone is 1. The van der Waals surface area contributed by atoms with Crippen LogP contribution in [0.5, 0.6) is 0 Å². The Labute approximate surface area is 61.5 Å². The van der Waals surface area contributed by atoms with Crippen LogP contribution in [0.2, 0.25) is 0 Å². The van der Waals surface area contributed by atoms with E-state index in [9.17, 15) is 4.79 Å². The number of hydrogen-bond donors (Lipinski definition) is 0. The number of carbonyl (C=O) groups is 1. The smallest absolute Gasteiger partial charge is 0.226 e. The summed E-state index contributed by atoms with van der Waals surface area (Å²) in [6.45, 7) is 2.84. The van der Waals surface area contributed by atoms with Crippen LogP contribution in [0.15, 0.2) is 12.3 Å². The number of nitrogens with zero attached hydrogens (tertiary/aromatic N) is 1. The van der Waals surface area contributed by atoms with Gasteiger partial charge in [0.2, 0.25) is 5.91 Å². The second-order valence-corrected chi connectivity index (χ2v) is 2.53. The molecule has 2 nitrogen and oxygen atoms in total. The van der Waals surface area contributed by atoms with Crippen molar-refractivity contribution >= 4 is 5.91 Å². The zero-order chi connectivity index (χ0) is 7.40. The number of carbonyl (C=O) groups excluding carboxylic acids is 1. The van der Waals surface area contributed by atoms with E-state index in [2.05, 4.69) is 0 Å². The van der Waals surface area contributed by atoms with Crippen molar-refractivity contribution in [1.82, 2.24) is 4.90 Å². The molecule has 1 heterocycles. The van der Waals surface area contributed by atoms with Gasteiger partial charge in [0.1, 0.15) is 0 Å². The van der Waals surface area contributed by atoms with Crippen LogP contribution in [0.1, 0.15) is 26.2 Å². The van der Waals surface area contributed by atoms with E-state index in [-0.39, 0.29) is 5.91 Å². The van der Waals surface area contributed by atoms with Gasteiger partial charge >= 0.3 is 0 Å². The van der Waals surface area contributed by atoms with Gasteiger partial charge in [-0.2, -0.15) is 0 Å². The largest absolute Gasteiger partial charge is 0.319 e. The molecule has 0 unspecified atom stereocenters. The summed E-state index contributed by atoms with van der Waals surface area (Å²) in [5.41, 5.74) is 0. The fourth-order valence-corrected chi connectivity index (χ4v) is 1.16. The molecule has 10 heavy (non-hydrogen) atoms. The summed E-state index contributed by atoms with van der Waals surface area (Å²) in [6.07, 6.45) is 6.71. The van der Waals surface area contributed by atoms with Gasteiger partial charge in [-0.15, -0.1) is 0 Å². The molecule has 0 aromatic rings. The van der Waals surface area contributed by atoms with Gasteiger partial charge in [0.25, 0.3) is 0 Å². The Balaban J connectivity index is 2.48. The lowest BCUT2D eigenvalue weighted by molar-refractivity contribution is -0.130. The third-order valence-electron chi connectivity index (χ3n) is 1.69. The standard InChI is InChI=1S/C8H13NO/c1-2-6-9-7-4-3-5-8(9)10/h2,6H,3-5,7H2,1H3. The molecular formula is C8H13NO. The average Bonchev–Trinajstić information content (AvgIpc) is 1.94. The Kier molecular flexibility index (Phi) is 2.49. The number of rotatable bonds is 1. The Hall–Kier alpha value is -0.790. The van der Waals surface area contributed by atoms with E-state index in [0.717, 1.165) is 25.8 Å². The van der Waals surface area contributed by atoms with Gasteiger partial charge < -0.3 is 4.90 Å². The fourth-order valence-electron chi connectivity index (χ4n) is 1.16. The van der Waals surface area contributed by atoms with Crippen LogP contribution < -0.4 is 0 Å². The zero-order valence-corrected chi connectivity index (χ0v) is 6.34. The van der Waals surface area contributed by atoms with Crippen molar-refractivity contribution in [1.29, 1.82) is 0 Å². The van der Waals surface area contributed by atoms with Crippen molar-refractivity contribution in [2.24, 2.45) is 0 Å². The molecule has 1 amide bonds. The molecule has 1 aliphatic rings. The van der Waals surface area contributed by atoms with Gasteiger partial charge in [-0.3, -0.25) is 4.79 Å². The molecule has 1 aliphatic heterocycles. The predicted octanol–water partition coefficient (Wildman–Crippen LogP) is 1.53. The summed E-state index contributed by atoms with van der Waals surface area (Å²) in [4.78, 5) is 12.9. The van der Waals surface area contributed by atoms with Crippen LogP contribution in [-0.2, 0) is 4.79 Å². The first-order valence-corrected chi connectivity index (χ1v) is 3.77. The highest BCUT2D eigenvalue weighted by Gasteiger charge is 2.14. The van der Waals surface area contributed by atoms with Crippen molar-refractivity contribution < 1.29 is 4.79 Å². The SMILES string of the molecule is CC=CN1CCCCC1=O. The van der Waals surface area contributed by atoms with Crippen molar-refractivity contribution in [2.45, 2.75) is 26.2 Å². The van der Waals surface area contributed by atoms with E-state index in [1.807, 2.05) is 19.2 Å². The Morgan fingerprint density at radius 3 is 2.90 bits per heavy atom. The normalized spacial score (nSPS) is 20.5. The first kappa shape index (κ1) is 7.32. The molecule has 1 fully saturated rings. The van der Waals surface area contributed by atoms with Gasteiger partial charge in [-0.05, 0) is 19.8 Å². The van der Waals surface area contributed by atoms with Crippen molar-refractivity contribution in [3.63, 3.8) is 0 Å². The molecule has 2 heteroatoms. The molecule has 0 saturated carbocycles. The van der Waals surface area contributed by atoms with E-state index in [0.29, 0.717) is 0 Å². The van der Waals surface area contributed by atoms with Crippen LogP contribution in [0.25, 0.3) is 0 Å². The second-order valence-electron chi connectivity index (χ2n) is 2.53. The molecule has 0 aliphatic carbocycles. The van der Waals surface area contributed by atoms with Gasteiger partial charge in [-0.1, -0.05) is 6.08 Å². The quantitative estimate of drug-likeness (QED) is 0.539. The Bertz CT molecular complexity index is 151. The molecule has 0 radical (unpaired) electrons. The third kappa shape index (κ3) is 1.59. The lowest BCUT2D eigenvalue weighted by Gasteiger charge is -2.22. The van der Waals surface area contributed by atoms with Gasteiger partial charge in [-0.25, -0.2) is 0 Å². The molecular weight excluding hydrogens is 126 g/mol. The minimum absolute atomic E-state index is 0.268. The first-order valence-electron chi connectivity index (χ1n) is 3.77. The summed E-state index contributed by atoms with van der Waals surface area (Å²) in [5.74, 6) is 0.268. The number of piperidine rings is 1. The molecule has 0 aromatic carbocycles. The summed E-state index contributed by atoms with van der Waals surface area (Å²) < 4.78 is 0. The van der Waals surface area contributed by atoms with Crippen LogP contribution in [-0.4, -0.2) is 17.4 Å². The summed E-state index contributed by atoms with van der Waals surface area (Å²) in [7, 11) is 0. The highest BCUT2D eigenvalue weighted by atomic mass is 16.2. The molecule has 0 N–H and O–H groups in total. The topological polar surface area (TPSA) is 20.3 Å². The highest BCUT2D eigenvalue weighted by molar-refractivity contribution is 5.77. The van der Waals surface area contributed by atoms with Gasteiger partial charge in [0.05, 0.1) is 0 Å². The third-order valence-corrected chi connectivity index (χ3v) is 1.69. The fraction of sp³-hybridized carbons (Fsp3) is 0.625. The number of amides is 1. The lowest BCUT2D eigenvalue weighted by atomic mass is 10.1. The average molecular weight is 139 g/mol. The number of likely N-dealkylation sites (tertiary alicyclic amines) is 1. The van der Waals surface area contributed by atoms with Crippen LogP contribution in [0, 0.1) is 0 Å². The summed E-state index contributed by atoms with van der Waals surface area (Å²) in [5, 5.41) is 0. The first-order chi connectivity index (χ1) is 4.84. The van der Waals surface area contributed by atoms with E-state index < -0.39 is 0 Å². The predicted molar refractivity (Wildman–Crippen MR) is 40.4 cm³/mol. The van der Waals surface area contributed by atoms with Crippen molar-refractivity contribution in [2.75, 3.05) is 6.54 Å². The van der Waals surface area contributed by atoms with E-state index in [4.69, 9.17) is 0 Å². The molecule has 0 atom stereocenters. The highest BCUT2D eigenvalue weighted by Crippen LogP contribution is 2.09. The second kappa shape index (κ2) is 3.40. The van der Waals surface area contributed by atoms with Crippen LogP contribution >= 0.6 is 0 Å². The summed E-state index contributed by atoms with van der Waals surface area (Å²) in [6, 6.07) is 0. The van der Waals surface area contributed by atoms with Crippen LogP contribution in [0.4, 0.5) is 0 Å². The van der Waals surface area contributed by atoms with E-state index >= 15 is 0 Å². The summed E-state index contributed by atoms with van der Waals surface area (Å²) >= 11 is 0. The maximum Gasteiger partial charge on any atom is 0.226 e. The van der Waals surface area contributed by atoms with Crippen molar-refractivity contribution in [3.8, 4) is 0 Å². The molecule has 0 bridgehead atoms. The van der Waals surface area contributed by atoms with Crippen LogP contribution in [0.3, 0.4) is 0 Å². The number of hydrogen-bond acceptors (Lipinski definition) is 1. The monoisotopic (exact) mass is 139 g/mol. The minimum Gasteiger partial charge on any atom is -0.319 e. The van der Waals surface area contributed by atoms with Crippen molar-refractivity contribution in [3.05, 3.63) is 12.3 Å². The minimum atomic E-state index is 0.268. The molecule has 1 rings (SSSR count). The molecule has 1 saturated heterocycles. The van der Waals surface area contributed by atoms with Gasteiger partial charge in [0.15, 0.2) is 0 Å². The lowest BCUT2D eigenvalue weighted by Crippen LogP contribution is -2.30. The molecule has 0 aromatic heterocycles. The maximum absolute atomic E-state index is 11.1. The Morgan fingerprint density at radius 1 is 1.50 bits per heavy atom. The molecule has 56 valence electrons. The van der Waals surface area contributed by atoms with E-state index in [1.54, 1.807) is 4.90 Å². The van der Waals surface area contributed by atoms with Gasteiger partial charge in [0, 0.05) is 19.2 Å².